The summed E-state index contributed by atoms with van der Waals surface area (Å²) in [7, 11) is 0. The summed E-state index contributed by atoms with van der Waals surface area (Å²) in [6, 6.07) is 0. The van der Waals surface area contributed by atoms with Gasteiger partial charge in [-0.3, -0.25) is 0 Å². The molecule has 2 aliphatic heterocycles. The first-order chi connectivity index (χ1) is 5.81. The first kappa shape index (κ1) is 8.44. The van der Waals surface area contributed by atoms with Gasteiger partial charge in [0.1, 0.15) is 6.10 Å². The van der Waals surface area contributed by atoms with Crippen LogP contribution < -0.4 is 5.32 Å². The third-order valence-electron chi connectivity index (χ3n) is 2.44. The Morgan fingerprint density at radius 3 is 2.33 bits per heavy atom. The average molecular weight is 173 g/mol. The number of nitrogens with one attached hydrogen (secondary N) is 1. The quantitative estimate of drug-likeness (QED) is 0.517. The largest absolute Gasteiger partial charge is 0.388 e. The third-order valence-corrected chi connectivity index (χ3v) is 2.44. The van der Waals surface area contributed by atoms with Crippen LogP contribution in [0.2, 0.25) is 0 Å². The van der Waals surface area contributed by atoms with Gasteiger partial charge in [-0.25, -0.2) is 0 Å². The van der Waals surface area contributed by atoms with E-state index in [9.17, 15) is 0 Å². The highest BCUT2D eigenvalue weighted by molar-refractivity contribution is 4.81. The fraction of sp³-hybridized carbons (Fsp3) is 1.00. The summed E-state index contributed by atoms with van der Waals surface area (Å²) < 4.78 is 11.0. The van der Waals surface area contributed by atoms with Gasteiger partial charge in [0.05, 0.1) is 13.2 Å². The molecule has 4 heteroatoms. The van der Waals surface area contributed by atoms with Crippen molar-refractivity contribution in [3.05, 3.63) is 0 Å². The standard InChI is InChI=1S/C8H15NO3/c10-7-5-11-8(12-6-7)1-3-9-4-2-8/h7,9-10H,1-6H2. The Labute approximate surface area is 71.9 Å². The highest BCUT2D eigenvalue weighted by Crippen LogP contribution is 2.27. The van der Waals surface area contributed by atoms with Crippen molar-refractivity contribution in [2.75, 3.05) is 26.3 Å². The lowest BCUT2D eigenvalue weighted by molar-refractivity contribution is -0.300. The summed E-state index contributed by atoms with van der Waals surface area (Å²) in [5.41, 5.74) is 0. The first-order valence-corrected chi connectivity index (χ1v) is 4.47. The van der Waals surface area contributed by atoms with E-state index in [0.29, 0.717) is 13.2 Å². The zero-order valence-electron chi connectivity index (χ0n) is 7.08. The number of rotatable bonds is 0. The molecule has 70 valence electrons. The molecule has 1 spiro atoms. The monoisotopic (exact) mass is 173 g/mol. The second-order valence-corrected chi connectivity index (χ2v) is 3.44. The van der Waals surface area contributed by atoms with Crippen LogP contribution in [0.5, 0.6) is 0 Å². The SMILES string of the molecule is OC1COC2(CCNCC2)OC1. The van der Waals surface area contributed by atoms with Gasteiger partial charge in [0, 0.05) is 25.9 Å². The van der Waals surface area contributed by atoms with Crippen molar-refractivity contribution in [3.8, 4) is 0 Å². The van der Waals surface area contributed by atoms with Gasteiger partial charge in [-0.1, -0.05) is 0 Å². The van der Waals surface area contributed by atoms with Gasteiger partial charge in [-0.2, -0.15) is 0 Å². The Hall–Kier alpha value is -0.160. The lowest BCUT2D eigenvalue weighted by atomic mass is 10.0. The van der Waals surface area contributed by atoms with Gasteiger partial charge in [-0.05, 0) is 0 Å². The average Bonchev–Trinajstić information content (AvgIpc) is 2.13. The molecule has 2 heterocycles. The lowest BCUT2D eigenvalue weighted by Gasteiger charge is -2.41. The maximum atomic E-state index is 9.16. The fourth-order valence-corrected chi connectivity index (χ4v) is 1.68. The van der Waals surface area contributed by atoms with Crippen LogP contribution >= 0.6 is 0 Å². The van der Waals surface area contributed by atoms with Crippen LogP contribution in [0.25, 0.3) is 0 Å². The van der Waals surface area contributed by atoms with Gasteiger partial charge in [0.2, 0.25) is 0 Å². The van der Waals surface area contributed by atoms with E-state index in [0.717, 1.165) is 25.9 Å². The Balaban J connectivity index is 1.92. The zero-order chi connectivity index (χ0) is 8.44. The van der Waals surface area contributed by atoms with Crippen molar-refractivity contribution in [1.29, 1.82) is 0 Å². The van der Waals surface area contributed by atoms with Gasteiger partial charge in [0.15, 0.2) is 5.79 Å². The molecule has 2 rings (SSSR count). The van der Waals surface area contributed by atoms with E-state index in [2.05, 4.69) is 5.32 Å². The van der Waals surface area contributed by atoms with Gasteiger partial charge >= 0.3 is 0 Å². The van der Waals surface area contributed by atoms with Crippen LogP contribution in [0.15, 0.2) is 0 Å². The van der Waals surface area contributed by atoms with E-state index in [4.69, 9.17) is 14.6 Å². The molecule has 0 bridgehead atoms. The molecule has 0 aliphatic carbocycles. The van der Waals surface area contributed by atoms with E-state index in [1.165, 1.54) is 0 Å². The number of ether oxygens (including phenoxy) is 2. The Bertz CT molecular complexity index is 146. The zero-order valence-corrected chi connectivity index (χ0v) is 7.08. The molecule has 0 aromatic heterocycles. The summed E-state index contributed by atoms with van der Waals surface area (Å²) in [4.78, 5) is 0. The summed E-state index contributed by atoms with van der Waals surface area (Å²) >= 11 is 0. The topological polar surface area (TPSA) is 50.7 Å². The molecule has 0 aromatic rings. The molecule has 2 N–H and O–H groups in total. The van der Waals surface area contributed by atoms with Gasteiger partial charge in [0.25, 0.3) is 0 Å². The van der Waals surface area contributed by atoms with Crippen LogP contribution in [0.4, 0.5) is 0 Å². The molecule has 4 nitrogen and oxygen atoms in total. The van der Waals surface area contributed by atoms with Crippen LogP contribution in [-0.4, -0.2) is 43.3 Å². The molecular formula is C8H15NO3. The third kappa shape index (κ3) is 1.61. The molecule has 0 atom stereocenters. The molecule has 0 radical (unpaired) electrons. The minimum absolute atomic E-state index is 0.384. The second-order valence-electron chi connectivity index (χ2n) is 3.44. The Morgan fingerprint density at radius 2 is 1.75 bits per heavy atom. The molecule has 0 unspecified atom stereocenters. The summed E-state index contributed by atoms with van der Waals surface area (Å²) in [5.74, 6) is -0.384. The van der Waals surface area contributed by atoms with Crippen molar-refractivity contribution in [1.82, 2.24) is 5.32 Å². The van der Waals surface area contributed by atoms with Crippen LogP contribution in [0, 0.1) is 0 Å². The first-order valence-electron chi connectivity index (χ1n) is 4.47. The van der Waals surface area contributed by atoms with Gasteiger partial charge < -0.3 is 19.9 Å². The predicted molar refractivity (Wildman–Crippen MR) is 42.7 cm³/mol. The maximum absolute atomic E-state index is 9.16. The van der Waals surface area contributed by atoms with Gasteiger partial charge in [-0.15, -0.1) is 0 Å². The van der Waals surface area contributed by atoms with Crippen molar-refractivity contribution >= 4 is 0 Å². The second kappa shape index (κ2) is 3.30. The van der Waals surface area contributed by atoms with Crippen molar-refractivity contribution in [2.45, 2.75) is 24.7 Å². The van der Waals surface area contributed by atoms with E-state index in [1.807, 2.05) is 0 Å². The number of hydrogen-bond donors (Lipinski definition) is 2. The van der Waals surface area contributed by atoms with Crippen LogP contribution in [0.1, 0.15) is 12.8 Å². The molecule has 2 aliphatic rings. The van der Waals surface area contributed by atoms with Crippen LogP contribution in [-0.2, 0) is 9.47 Å². The Kier molecular flexibility index (Phi) is 2.32. The molecule has 0 saturated carbocycles. The molecule has 2 fully saturated rings. The Morgan fingerprint density at radius 1 is 1.17 bits per heavy atom. The van der Waals surface area contributed by atoms with Crippen molar-refractivity contribution in [2.24, 2.45) is 0 Å². The smallest absolute Gasteiger partial charge is 0.170 e. The minimum Gasteiger partial charge on any atom is -0.388 e. The lowest BCUT2D eigenvalue weighted by Crippen LogP contribution is -2.51. The van der Waals surface area contributed by atoms with E-state index >= 15 is 0 Å². The molecule has 0 aromatic carbocycles. The molecular weight excluding hydrogens is 158 g/mol. The molecule has 0 amide bonds. The summed E-state index contributed by atoms with van der Waals surface area (Å²) in [5, 5.41) is 12.4. The van der Waals surface area contributed by atoms with E-state index in [-0.39, 0.29) is 5.79 Å². The van der Waals surface area contributed by atoms with Crippen molar-refractivity contribution < 1.29 is 14.6 Å². The highest BCUT2D eigenvalue weighted by Gasteiger charge is 2.38. The fourth-order valence-electron chi connectivity index (χ4n) is 1.68. The molecule has 12 heavy (non-hydrogen) atoms. The minimum atomic E-state index is -0.439. The highest BCUT2D eigenvalue weighted by atomic mass is 16.7. The number of piperidine rings is 1. The number of hydrogen-bond acceptors (Lipinski definition) is 4. The summed E-state index contributed by atoms with van der Waals surface area (Å²) in [6.45, 7) is 2.71. The normalized spacial score (nSPS) is 30.8. The predicted octanol–water partition coefficient (Wildman–Crippen LogP) is -0.526. The van der Waals surface area contributed by atoms with E-state index in [1.54, 1.807) is 0 Å². The molecule has 2 saturated heterocycles. The maximum Gasteiger partial charge on any atom is 0.170 e. The van der Waals surface area contributed by atoms with Crippen LogP contribution in [0.3, 0.4) is 0 Å². The van der Waals surface area contributed by atoms with Crippen molar-refractivity contribution in [3.63, 3.8) is 0 Å². The number of aliphatic hydroxyl groups is 1. The summed E-state index contributed by atoms with van der Waals surface area (Å²) in [6.07, 6.45) is 1.34. The number of aliphatic hydroxyl groups excluding tert-OH is 1. The van der Waals surface area contributed by atoms with E-state index < -0.39 is 6.10 Å².